The molecule has 0 aliphatic carbocycles. The Kier molecular flexibility index (Phi) is 6.70. The third kappa shape index (κ3) is 4.89. The van der Waals surface area contributed by atoms with Gasteiger partial charge in [-0.3, -0.25) is 9.71 Å². The van der Waals surface area contributed by atoms with Crippen molar-refractivity contribution >= 4 is 38.7 Å². The number of sulfonamides is 1. The molecule has 4 heterocycles. The summed E-state index contributed by atoms with van der Waals surface area (Å²) in [6.45, 7) is 8.12. The lowest BCUT2D eigenvalue weighted by molar-refractivity contribution is 0.565. The smallest absolute Gasteiger partial charge is 0.229 e. The molecule has 1 fully saturated rings. The van der Waals surface area contributed by atoms with Crippen molar-refractivity contribution in [3.63, 3.8) is 0 Å². The van der Waals surface area contributed by atoms with Gasteiger partial charge in [-0.2, -0.15) is 0 Å². The minimum absolute atomic E-state index is 0.197. The van der Waals surface area contributed by atoms with Crippen LogP contribution >= 0.6 is 12.2 Å². The Morgan fingerprint density at radius 2 is 1.76 bits per heavy atom. The van der Waals surface area contributed by atoms with Gasteiger partial charge in [0.05, 0.1) is 29.7 Å². The number of pyridine rings is 2. The topological polar surface area (TPSA) is 92.2 Å². The van der Waals surface area contributed by atoms with E-state index in [1.807, 2.05) is 49.5 Å². The van der Waals surface area contributed by atoms with Crippen LogP contribution in [0.1, 0.15) is 45.9 Å². The van der Waals surface area contributed by atoms with Gasteiger partial charge in [-0.25, -0.2) is 13.4 Å². The fraction of sp³-hybridized carbons (Fsp3) is 0.250. The first kappa shape index (κ1) is 25.9. The number of anilines is 2. The second-order valence-electron chi connectivity index (χ2n) is 9.72. The zero-order chi connectivity index (χ0) is 27.2. The molecule has 0 unspecified atom stereocenters. The molecule has 1 aliphatic heterocycles. The summed E-state index contributed by atoms with van der Waals surface area (Å²) in [5.41, 5.74) is 7.45. The van der Waals surface area contributed by atoms with E-state index in [-0.39, 0.29) is 12.1 Å². The highest BCUT2D eigenvalue weighted by atomic mass is 32.2. The Morgan fingerprint density at radius 1 is 0.974 bits per heavy atom. The standard InChI is InChI=1S/C28H30N6O2S2/c1-17-11-13-30-25(14-17)33-19(3)16-22(20(33)4)27-26(24-8-6-7-12-29-24)31-28(37)34(27)21-9-10-23(18(2)15-21)32-38(5,35)36/h6-16,26-27,32H,1-5H3,(H,31,37)/t26-,27-/m1/s1. The van der Waals surface area contributed by atoms with E-state index in [1.165, 1.54) is 0 Å². The van der Waals surface area contributed by atoms with Crippen molar-refractivity contribution in [3.05, 3.63) is 101 Å². The van der Waals surface area contributed by atoms with Crippen LogP contribution in [0.15, 0.2) is 67.0 Å². The average molecular weight is 547 g/mol. The van der Waals surface area contributed by atoms with Crippen molar-refractivity contribution in [2.24, 2.45) is 0 Å². The van der Waals surface area contributed by atoms with Gasteiger partial charge in [0.25, 0.3) is 0 Å². The number of benzene rings is 1. The minimum atomic E-state index is -3.40. The van der Waals surface area contributed by atoms with Crippen LogP contribution in [0.4, 0.5) is 11.4 Å². The van der Waals surface area contributed by atoms with E-state index in [2.05, 4.69) is 62.4 Å². The first-order valence-corrected chi connectivity index (χ1v) is 14.5. The maximum atomic E-state index is 11.8. The molecule has 2 atom stereocenters. The molecular weight excluding hydrogens is 516 g/mol. The van der Waals surface area contributed by atoms with Gasteiger partial charge in [0.15, 0.2) is 5.11 Å². The summed E-state index contributed by atoms with van der Waals surface area (Å²) in [4.78, 5) is 11.4. The average Bonchev–Trinajstić information content (AvgIpc) is 3.35. The van der Waals surface area contributed by atoms with Gasteiger partial charge in [0, 0.05) is 29.5 Å². The highest BCUT2D eigenvalue weighted by molar-refractivity contribution is 7.92. The van der Waals surface area contributed by atoms with E-state index in [0.717, 1.165) is 51.5 Å². The van der Waals surface area contributed by atoms with E-state index in [0.29, 0.717) is 10.8 Å². The van der Waals surface area contributed by atoms with Crippen LogP contribution in [0.5, 0.6) is 0 Å². The predicted octanol–water partition coefficient (Wildman–Crippen LogP) is 5.05. The summed E-state index contributed by atoms with van der Waals surface area (Å²) < 4.78 is 28.4. The van der Waals surface area contributed by atoms with E-state index >= 15 is 0 Å². The van der Waals surface area contributed by atoms with Crippen molar-refractivity contribution in [2.45, 2.75) is 39.8 Å². The van der Waals surface area contributed by atoms with Gasteiger partial charge in [-0.1, -0.05) is 6.07 Å². The van der Waals surface area contributed by atoms with E-state index in [1.54, 1.807) is 12.3 Å². The van der Waals surface area contributed by atoms with Crippen molar-refractivity contribution < 1.29 is 8.42 Å². The molecule has 10 heteroatoms. The molecule has 4 aromatic rings. The number of hydrogen-bond donors (Lipinski definition) is 2. The van der Waals surface area contributed by atoms with Crippen LogP contribution in [0, 0.1) is 27.7 Å². The highest BCUT2D eigenvalue weighted by Gasteiger charge is 2.42. The quantitative estimate of drug-likeness (QED) is 0.327. The molecule has 1 aliphatic rings. The minimum Gasteiger partial charge on any atom is -0.351 e. The van der Waals surface area contributed by atoms with Crippen molar-refractivity contribution in [2.75, 3.05) is 15.9 Å². The molecule has 1 saturated heterocycles. The molecule has 8 nitrogen and oxygen atoms in total. The van der Waals surface area contributed by atoms with Crippen LogP contribution in [0.25, 0.3) is 5.82 Å². The summed E-state index contributed by atoms with van der Waals surface area (Å²) in [6.07, 6.45) is 4.76. The van der Waals surface area contributed by atoms with Crippen molar-refractivity contribution in [1.29, 1.82) is 0 Å². The summed E-state index contributed by atoms with van der Waals surface area (Å²) in [5.74, 6) is 0.868. The second kappa shape index (κ2) is 9.85. The van der Waals surface area contributed by atoms with Gasteiger partial charge in [-0.15, -0.1) is 0 Å². The van der Waals surface area contributed by atoms with Crippen LogP contribution in [0.3, 0.4) is 0 Å². The first-order valence-electron chi connectivity index (χ1n) is 12.2. The molecule has 0 spiro atoms. The largest absolute Gasteiger partial charge is 0.351 e. The lowest BCUT2D eigenvalue weighted by atomic mass is 9.96. The number of thiocarbonyl (C=S) groups is 1. The molecule has 0 radical (unpaired) electrons. The van der Waals surface area contributed by atoms with E-state index < -0.39 is 10.0 Å². The molecule has 0 bridgehead atoms. The predicted molar refractivity (Wildman–Crippen MR) is 155 cm³/mol. The lowest BCUT2D eigenvalue weighted by Gasteiger charge is -2.28. The zero-order valence-electron chi connectivity index (χ0n) is 21.9. The van der Waals surface area contributed by atoms with Crippen LogP contribution in [-0.2, 0) is 10.0 Å². The number of aryl methyl sites for hydroxylation is 3. The fourth-order valence-corrected chi connectivity index (χ4v) is 6.12. The Balaban J connectivity index is 1.65. The Labute approximate surface area is 228 Å². The van der Waals surface area contributed by atoms with E-state index in [9.17, 15) is 8.42 Å². The lowest BCUT2D eigenvalue weighted by Crippen LogP contribution is -2.29. The molecule has 0 amide bonds. The maximum Gasteiger partial charge on any atom is 0.229 e. The number of nitrogens with one attached hydrogen (secondary N) is 2. The van der Waals surface area contributed by atoms with Crippen LogP contribution < -0.4 is 14.9 Å². The summed E-state index contributed by atoms with van der Waals surface area (Å²) in [7, 11) is -3.40. The second-order valence-corrected chi connectivity index (χ2v) is 11.9. The number of aromatic nitrogens is 3. The van der Waals surface area contributed by atoms with Crippen molar-refractivity contribution in [3.8, 4) is 5.82 Å². The Morgan fingerprint density at radius 3 is 2.42 bits per heavy atom. The summed E-state index contributed by atoms with van der Waals surface area (Å²) in [6, 6.07) is 17.4. The molecular formula is C28H30N6O2S2. The normalized spacial score (nSPS) is 17.5. The van der Waals surface area contributed by atoms with Gasteiger partial charge < -0.3 is 14.8 Å². The van der Waals surface area contributed by atoms with Gasteiger partial charge >= 0.3 is 0 Å². The number of hydrogen-bond acceptors (Lipinski definition) is 5. The SMILES string of the molecule is Cc1ccnc(-n2c(C)cc([C@@H]3[C@@H](c4ccccn4)NC(=S)N3c3ccc(NS(C)(=O)=O)c(C)c3)c2C)c1. The molecule has 5 rings (SSSR count). The zero-order valence-corrected chi connectivity index (χ0v) is 23.6. The van der Waals surface area contributed by atoms with Crippen LogP contribution in [-0.4, -0.2) is 34.3 Å². The monoisotopic (exact) mass is 546 g/mol. The maximum absolute atomic E-state index is 11.8. The third-order valence-corrected chi connectivity index (χ3v) is 7.71. The molecule has 38 heavy (non-hydrogen) atoms. The summed E-state index contributed by atoms with van der Waals surface area (Å²) >= 11 is 5.89. The number of rotatable bonds is 6. The first-order chi connectivity index (χ1) is 18.0. The summed E-state index contributed by atoms with van der Waals surface area (Å²) in [5, 5.41) is 4.08. The van der Waals surface area contributed by atoms with E-state index in [4.69, 9.17) is 12.2 Å². The molecule has 2 N–H and O–H groups in total. The number of nitrogens with zero attached hydrogens (tertiary/aromatic N) is 4. The van der Waals surface area contributed by atoms with Crippen molar-refractivity contribution in [1.82, 2.24) is 19.9 Å². The highest BCUT2D eigenvalue weighted by Crippen LogP contribution is 2.44. The molecule has 3 aromatic heterocycles. The van der Waals surface area contributed by atoms with Crippen LogP contribution in [0.2, 0.25) is 0 Å². The van der Waals surface area contributed by atoms with Gasteiger partial charge in [0.2, 0.25) is 10.0 Å². The molecule has 0 saturated carbocycles. The molecule has 1 aromatic carbocycles. The van der Waals surface area contributed by atoms with Gasteiger partial charge in [-0.05, 0) is 105 Å². The molecule has 196 valence electrons. The Bertz CT molecular complexity index is 1630. The van der Waals surface area contributed by atoms with Gasteiger partial charge in [0.1, 0.15) is 5.82 Å². The fourth-order valence-electron chi connectivity index (χ4n) is 5.14. The Hall–Kier alpha value is -3.76. The third-order valence-electron chi connectivity index (χ3n) is 6.80.